The zero-order valence-electron chi connectivity index (χ0n) is 11.1. The summed E-state index contributed by atoms with van der Waals surface area (Å²) in [5.74, 6) is 0. The van der Waals surface area contributed by atoms with Gasteiger partial charge in [-0.25, -0.2) is 0 Å². The van der Waals surface area contributed by atoms with Crippen molar-refractivity contribution in [1.29, 1.82) is 0 Å². The summed E-state index contributed by atoms with van der Waals surface area (Å²) in [5, 5.41) is 3.20. The minimum atomic E-state index is -3.28. The van der Waals surface area contributed by atoms with Crippen LogP contribution in [0.5, 0.6) is 0 Å². The fourth-order valence-electron chi connectivity index (χ4n) is 2.16. The van der Waals surface area contributed by atoms with E-state index in [4.69, 9.17) is 0 Å². The molecule has 0 radical (unpaired) electrons. The molecule has 1 atom stereocenters. The van der Waals surface area contributed by atoms with E-state index in [0.717, 1.165) is 32.4 Å². The first kappa shape index (κ1) is 14.9. The second-order valence-electron chi connectivity index (χ2n) is 4.57. The summed E-state index contributed by atoms with van der Waals surface area (Å²) >= 11 is 0. The Morgan fingerprint density at radius 2 is 1.82 bits per heavy atom. The van der Waals surface area contributed by atoms with Crippen molar-refractivity contribution in [2.24, 2.45) is 0 Å². The maximum atomic E-state index is 12.4. The summed E-state index contributed by atoms with van der Waals surface area (Å²) in [6.07, 6.45) is 2.62. The monoisotopic (exact) mass is 263 g/mol. The number of likely N-dealkylation sites (N-methyl/N-ethyl adjacent to an activating group) is 1. The molecule has 1 rings (SSSR count). The first-order valence-corrected chi connectivity index (χ1v) is 7.87. The van der Waals surface area contributed by atoms with Crippen LogP contribution in [0.4, 0.5) is 0 Å². The largest absolute Gasteiger partial charge is 0.315 e. The smallest absolute Gasteiger partial charge is 0.282 e. The Morgan fingerprint density at radius 1 is 1.24 bits per heavy atom. The van der Waals surface area contributed by atoms with Gasteiger partial charge in [0.15, 0.2) is 0 Å². The number of nitrogens with zero attached hydrogens (tertiary/aromatic N) is 2. The molecule has 0 aromatic carbocycles. The van der Waals surface area contributed by atoms with Gasteiger partial charge >= 0.3 is 0 Å². The van der Waals surface area contributed by atoms with Gasteiger partial charge in [0.2, 0.25) is 0 Å². The summed E-state index contributed by atoms with van der Waals surface area (Å²) in [6, 6.07) is 0.108. The van der Waals surface area contributed by atoms with Crippen molar-refractivity contribution in [2.45, 2.75) is 39.2 Å². The Labute approximate surface area is 105 Å². The first-order valence-electron chi connectivity index (χ1n) is 6.47. The average molecular weight is 263 g/mol. The normalized spacial score (nSPS) is 21.6. The molecule has 0 aromatic rings. The molecular weight excluding hydrogens is 238 g/mol. The third-order valence-corrected chi connectivity index (χ3v) is 5.23. The van der Waals surface area contributed by atoms with Crippen LogP contribution < -0.4 is 5.32 Å². The predicted molar refractivity (Wildman–Crippen MR) is 70.1 cm³/mol. The van der Waals surface area contributed by atoms with Crippen molar-refractivity contribution in [2.75, 3.05) is 33.2 Å². The van der Waals surface area contributed by atoms with Crippen molar-refractivity contribution in [1.82, 2.24) is 13.9 Å². The molecule has 0 saturated carbocycles. The first-order chi connectivity index (χ1) is 8.04. The highest BCUT2D eigenvalue weighted by Crippen LogP contribution is 2.15. The average Bonchev–Trinajstić information content (AvgIpc) is 2.81. The standard InChI is InChI=1S/C11H25N3O2S/c1-4-8-14(9-5-2)17(15,16)13(3)11-6-7-12-10-11/h11-12H,4-10H2,1-3H3. The molecule has 0 spiro atoms. The van der Waals surface area contributed by atoms with E-state index in [1.165, 1.54) is 0 Å². The van der Waals surface area contributed by atoms with Gasteiger partial charge in [-0.15, -0.1) is 0 Å². The summed E-state index contributed by atoms with van der Waals surface area (Å²) in [6.45, 7) is 6.92. The molecule has 0 aromatic heterocycles. The molecule has 0 amide bonds. The van der Waals surface area contributed by atoms with Crippen molar-refractivity contribution in [3.63, 3.8) is 0 Å². The number of hydrogen-bond acceptors (Lipinski definition) is 3. The van der Waals surface area contributed by atoms with Crippen LogP contribution in [0.15, 0.2) is 0 Å². The van der Waals surface area contributed by atoms with Gasteiger partial charge in [0, 0.05) is 32.7 Å². The van der Waals surface area contributed by atoms with Gasteiger partial charge in [0.1, 0.15) is 0 Å². The summed E-state index contributed by atoms with van der Waals surface area (Å²) in [5.41, 5.74) is 0. The van der Waals surface area contributed by atoms with Crippen molar-refractivity contribution >= 4 is 10.2 Å². The Balaban J connectivity index is 2.74. The van der Waals surface area contributed by atoms with Crippen LogP contribution in [0.1, 0.15) is 33.1 Å². The number of hydrogen-bond donors (Lipinski definition) is 1. The zero-order chi connectivity index (χ0) is 12.9. The van der Waals surface area contributed by atoms with Crippen LogP contribution in [-0.2, 0) is 10.2 Å². The van der Waals surface area contributed by atoms with E-state index in [-0.39, 0.29) is 6.04 Å². The fraction of sp³-hybridized carbons (Fsp3) is 1.00. The number of nitrogens with one attached hydrogen (secondary N) is 1. The predicted octanol–water partition coefficient (Wildman–Crippen LogP) is 0.647. The fourth-order valence-corrected chi connectivity index (χ4v) is 3.91. The van der Waals surface area contributed by atoms with E-state index in [9.17, 15) is 8.42 Å². The van der Waals surface area contributed by atoms with E-state index >= 15 is 0 Å². The lowest BCUT2D eigenvalue weighted by atomic mass is 10.3. The third kappa shape index (κ3) is 3.64. The minimum Gasteiger partial charge on any atom is -0.315 e. The summed E-state index contributed by atoms with van der Waals surface area (Å²) in [7, 11) is -1.58. The molecule has 1 fully saturated rings. The van der Waals surface area contributed by atoms with Gasteiger partial charge in [-0.1, -0.05) is 13.8 Å². The molecule has 1 N–H and O–H groups in total. The van der Waals surface area contributed by atoms with Gasteiger partial charge in [0.05, 0.1) is 0 Å². The highest BCUT2D eigenvalue weighted by Gasteiger charge is 2.32. The molecule has 1 aliphatic heterocycles. The van der Waals surface area contributed by atoms with E-state index in [1.54, 1.807) is 15.7 Å². The van der Waals surface area contributed by atoms with Crippen LogP contribution in [0.3, 0.4) is 0 Å². The lowest BCUT2D eigenvalue weighted by Gasteiger charge is -2.30. The minimum absolute atomic E-state index is 0.108. The highest BCUT2D eigenvalue weighted by atomic mass is 32.2. The molecule has 1 heterocycles. The zero-order valence-corrected chi connectivity index (χ0v) is 12.0. The van der Waals surface area contributed by atoms with E-state index in [1.807, 2.05) is 13.8 Å². The Bertz CT molecular complexity index is 299. The molecule has 102 valence electrons. The Kier molecular flexibility index (Phi) is 5.85. The molecular formula is C11H25N3O2S. The van der Waals surface area contributed by atoms with Crippen molar-refractivity contribution in [3.05, 3.63) is 0 Å². The van der Waals surface area contributed by atoms with Crippen molar-refractivity contribution < 1.29 is 8.42 Å². The number of rotatable bonds is 7. The lowest BCUT2D eigenvalue weighted by Crippen LogP contribution is -2.47. The van der Waals surface area contributed by atoms with Gasteiger partial charge in [0.25, 0.3) is 10.2 Å². The highest BCUT2D eigenvalue weighted by molar-refractivity contribution is 7.86. The van der Waals surface area contributed by atoms with Gasteiger partial charge in [-0.2, -0.15) is 17.0 Å². The van der Waals surface area contributed by atoms with Crippen molar-refractivity contribution in [3.8, 4) is 0 Å². The molecule has 0 bridgehead atoms. The molecule has 1 aliphatic rings. The van der Waals surface area contributed by atoms with Gasteiger partial charge in [-0.3, -0.25) is 0 Å². The van der Waals surface area contributed by atoms with Gasteiger partial charge < -0.3 is 5.32 Å². The van der Waals surface area contributed by atoms with Crippen LogP contribution in [0, 0.1) is 0 Å². The van der Waals surface area contributed by atoms with Crippen LogP contribution in [-0.4, -0.2) is 56.3 Å². The molecule has 5 nitrogen and oxygen atoms in total. The second-order valence-corrected chi connectivity index (χ2v) is 6.56. The van der Waals surface area contributed by atoms with Gasteiger partial charge in [-0.05, 0) is 25.8 Å². The van der Waals surface area contributed by atoms with E-state index in [0.29, 0.717) is 13.1 Å². The molecule has 0 aliphatic carbocycles. The molecule has 17 heavy (non-hydrogen) atoms. The quantitative estimate of drug-likeness (QED) is 0.733. The Morgan fingerprint density at radius 3 is 2.24 bits per heavy atom. The summed E-state index contributed by atoms with van der Waals surface area (Å²) in [4.78, 5) is 0. The lowest BCUT2D eigenvalue weighted by molar-refractivity contribution is 0.323. The maximum absolute atomic E-state index is 12.4. The Hall–Kier alpha value is -0.170. The van der Waals surface area contributed by atoms with Crippen LogP contribution >= 0.6 is 0 Å². The van der Waals surface area contributed by atoms with Crippen LogP contribution in [0.25, 0.3) is 0 Å². The topological polar surface area (TPSA) is 52.7 Å². The maximum Gasteiger partial charge on any atom is 0.282 e. The summed E-state index contributed by atoms with van der Waals surface area (Å²) < 4.78 is 28.0. The second kappa shape index (κ2) is 6.68. The molecule has 6 heteroatoms. The van der Waals surface area contributed by atoms with Crippen LogP contribution in [0.2, 0.25) is 0 Å². The van der Waals surface area contributed by atoms with E-state index in [2.05, 4.69) is 5.32 Å². The molecule has 1 saturated heterocycles. The van der Waals surface area contributed by atoms with E-state index < -0.39 is 10.2 Å². The SMILES string of the molecule is CCCN(CCC)S(=O)(=O)N(C)C1CCNC1. The third-order valence-electron chi connectivity index (χ3n) is 3.18. The molecule has 1 unspecified atom stereocenters.